The van der Waals surface area contributed by atoms with Crippen LogP contribution in [0.3, 0.4) is 0 Å². The van der Waals surface area contributed by atoms with E-state index in [0.717, 1.165) is 30.3 Å². The van der Waals surface area contributed by atoms with Gasteiger partial charge in [-0.05, 0) is 0 Å². The standard InChI is InChI=1S/C21H22OSe/c1-2-3-12-20(16-15-19-10-6-4-7-11-19)22-17-18-23-21-13-8-5-9-14-21/h2,4-11,13-14,20H,1,3,12,17-18H2. The second-order valence-corrected chi connectivity index (χ2v) is 7.47. The van der Waals surface area contributed by atoms with Gasteiger partial charge in [-0.3, -0.25) is 0 Å². The van der Waals surface area contributed by atoms with Gasteiger partial charge in [-0.2, -0.15) is 0 Å². The molecule has 2 aromatic rings. The SMILES string of the molecule is C=CCCC(C#Cc1ccccc1)OCC[Se]c1ccccc1. The number of hydrogen-bond acceptors (Lipinski definition) is 1. The zero-order chi connectivity index (χ0) is 16.2. The molecule has 0 saturated carbocycles. The Labute approximate surface area is 145 Å². The molecule has 0 spiro atoms. The molecular formula is C21H22OSe. The zero-order valence-electron chi connectivity index (χ0n) is 13.3. The molecule has 23 heavy (non-hydrogen) atoms. The van der Waals surface area contributed by atoms with Crippen molar-refractivity contribution in [3.05, 3.63) is 78.9 Å². The van der Waals surface area contributed by atoms with Gasteiger partial charge in [0.2, 0.25) is 0 Å². The van der Waals surface area contributed by atoms with Crippen molar-refractivity contribution < 1.29 is 4.74 Å². The fourth-order valence-corrected chi connectivity index (χ4v) is 3.62. The Balaban J connectivity index is 1.81. The van der Waals surface area contributed by atoms with Crippen molar-refractivity contribution in [1.29, 1.82) is 0 Å². The van der Waals surface area contributed by atoms with Crippen LogP contribution in [0.4, 0.5) is 0 Å². The molecule has 0 aliphatic heterocycles. The second-order valence-electron chi connectivity index (χ2n) is 5.02. The van der Waals surface area contributed by atoms with Crippen molar-refractivity contribution in [3.63, 3.8) is 0 Å². The Morgan fingerprint density at radius 1 is 1.04 bits per heavy atom. The molecule has 0 radical (unpaired) electrons. The average molecular weight is 369 g/mol. The first kappa shape index (κ1) is 17.6. The molecule has 0 aliphatic carbocycles. The first-order valence-corrected chi connectivity index (χ1v) is 9.92. The molecule has 1 atom stereocenters. The summed E-state index contributed by atoms with van der Waals surface area (Å²) in [4.78, 5) is 0. The van der Waals surface area contributed by atoms with E-state index in [4.69, 9.17) is 4.74 Å². The Morgan fingerprint density at radius 3 is 2.43 bits per heavy atom. The molecule has 0 aliphatic rings. The number of allylic oxidation sites excluding steroid dienone is 1. The molecule has 1 nitrogen and oxygen atoms in total. The van der Waals surface area contributed by atoms with Crippen molar-refractivity contribution >= 4 is 19.4 Å². The van der Waals surface area contributed by atoms with Gasteiger partial charge in [-0.1, -0.05) is 0 Å². The van der Waals surface area contributed by atoms with Crippen LogP contribution in [0.5, 0.6) is 0 Å². The van der Waals surface area contributed by atoms with Gasteiger partial charge in [0, 0.05) is 0 Å². The maximum absolute atomic E-state index is 5.98. The van der Waals surface area contributed by atoms with Crippen LogP contribution in [0.15, 0.2) is 73.3 Å². The summed E-state index contributed by atoms with van der Waals surface area (Å²) in [6.45, 7) is 4.55. The van der Waals surface area contributed by atoms with Crippen LogP contribution < -0.4 is 4.46 Å². The van der Waals surface area contributed by atoms with E-state index in [1.165, 1.54) is 4.46 Å². The first-order valence-electron chi connectivity index (χ1n) is 7.85. The minimum atomic E-state index is -0.0141. The van der Waals surface area contributed by atoms with Gasteiger partial charge in [0.15, 0.2) is 0 Å². The van der Waals surface area contributed by atoms with Gasteiger partial charge in [0.1, 0.15) is 0 Å². The second kappa shape index (κ2) is 10.9. The van der Waals surface area contributed by atoms with Crippen molar-refractivity contribution in [2.75, 3.05) is 6.61 Å². The van der Waals surface area contributed by atoms with Crippen molar-refractivity contribution in [2.24, 2.45) is 0 Å². The third kappa shape index (κ3) is 7.35. The van der Waals surface area contributed by atoms with E-state index >= 15 is 0 Å². The normalized spacial score (nSPS) is 11.3. The van der Waals surface area contributed by atoms with Gasteiger partial charge in [0.25, 0.3) is 0 Å². The predicted molar refractivity (Wildman–Crippen MR) is 99.1 cm³/mol. The number of ether oxygens (including phenoxy) is 1. The van der Waals surface area contributed by atoms with Crippen LogP contribution in [-0.4, -0.2) is 27.7 Å². The molecule has 2 heteroatoms. The first-order chi connectivity index (χ1) is 11.4. The Kier molecular flexibility index (Phi) is 8.30. The van der Waals surface area contributed by atoms with E-state index in [1.807, 2.05) is 36.4 Å². The van der Waals surface area contributed by atoms with E-state index in [1.54, 1.807) is 0 Å². The summed E-state index contributed by atoms with van der Waals surface area (Å²) in [7, 11) is 0. The van der Waals surface area contributed by atoms with Gasteiger partial charge >= 0.3 is 146 Å². The van der Waals surface area contributed by atoms with Gasteiger partial charge in [-0.15, -0.1) is 0 Å². The summed E-state index contributed by atoms with van der Waals surface area (Å²) in [6.07, 6.45) is 3.74. The Hall–Kier alpha value is -1.78. The zero-order valence-corrected chi connectivity index (χ0v) is 15.0. The molecule has 118 valence electrons. The molecule has 0 N–H and O–H groups in total. The van der Waals surface area contributed by atoms with Gasteiger partial charge < -0.3 is 0 Å². The number of rotatable bonds is 8. The predicted octanol–water partition coefficient (Wildman–Crippen LogP) is 3.84. The van der Waals surface area contributed by atoms with Gasteiger partial charge in [0.05, 0.1) is 0 Å². The molecule has 0 saturated heterocycles. The fourth-order valence-electron chi connectivity index (χ4n) is 2.02. The topological polar surface area (TPSA) is 9.23 Å². The molecule has 1 unspecified atom stereocenters. The molecule has 2 rings (SSSR count). The summed E-state index contributed by atoms with van der Waals surface area (Å²) in [5.41, 5.74) is 1.04. The van der Waals surface area contributed by atoms with Crippen molar-refractivity contribution in [1.82, 2.24) is 0 Å². The third-order valence-electron chi connectivity index (χ3n) is 3.20. The van der Waals surface area contributed by atoms with E-state index in [-0.39, 0.29) is 6.10 Å². The van der Waals surface area contributed by atoms with E-state index in [0.29, 0.717) is 15.0 Å². The van der Waals surface area contributed by atoms with Crippen LogP contribution in [-0.2, 0) is 4.74 Å². The third-order valence-corrected chi connectivity index (χ3v) is 5.25. The molecular weight excluding hydrogens is 347 g/mol. The van der Waals surface area contributed by atoms with Crippen LogP contribution in [0, 0.1) is 11.8 Å². The molecule has 0 fully saturated rings. The van der Waals surface area contributed by atoms with Crippen LogP contribution in [0.25, 0.3) is 0 Å². The Morgan fingerprint density at radius 2 is 1.74 bits per heavy atom. The van der Waals surface area contributed by atoms with Crippen molar-refractivity contribution in [2.45, 2.75) is 24.3 Å². The number of hydrogen-bond donors (Lipinski definition) is 0. The molecule has 0 aromatic heterocycles. The maximum atomic E-state index is 5.98. The summed E-state index contributed by atoms with van der Waals surface area (Å²) < 4.78 is 7.40. The average Bonchev–Trinajstić information content (AvgIpc) is 2.62. The van der Waals surface area contributed by atoms with Crippen molar-refractivity contribution in [3.8, 4) is 11.8 Å². The minimum absolute atomic E-state index is 0.0141. The monoisotopic (exact) mass is 370 g/mol. The molecule has 0 bridgehead atoms. The fraction of sp³-hybridized carbons (Fsp3) is 0.238. The van der Waals surface area contributed by atoms with E-state index in [9.17, 15) is 0 Å². The van der Waals surface area contributed by atoms with Crippen LogP contribution >= 0.6 is 0 Å². The summed E-state index contributed by atoms with van der Waals surface area (Å²) in [5, 5.41) is 1.08. The molecule has 2 aromatic carbocycles. The Bertz CT molecular complexity index is 625. The molecule has 0 amide bonds. The van der Waals surface area contributed by atoms with Crippen LogP contribution in [0.2, 0.25) is 5.32 Å². The van der Waals surface area contributed by atoms with E-state index in [2.05, 4.69) is 48.8 Å². The summed E-state index contributed by atoms with van der Waals surface area (Å²) >= 11 is 0.469. The van der Waals surface area contributed by atoms with E-state index < -0.39 is 0 Å². The number of benzene rings is 2. The van der Waals surface area contributed by atoms with Gasteiger partial charge in [-0.25, -0.2) is 0 Å². The summed E-state index contributed by atoms with van der Waals surface area (Å²) in [5.74, 6) is 6.46. The quantitative estimate of drug-likeness (QED) is 0.297. The summed E-state index contributed by atoms with van der Waals surface area (Å²) in [6, 6.07) is 20.7. The van der Waals surface area contributed by atoms with Crippen LogP contribution in [0.1, 0.15) is 18.4 Å². The molecule has 0 heterocycles.